The topological polar surface area (TPSA) is 12.5 Å². The van der Waals surface area contributed by atoms with Gasteiger partial charge in [0, 0.05) is 0 Å². The van der Waals surface area contributed by atoms with Crippen LogP contribution in [0.4, 0.5) is 0 Å². The number of ether oxygens (including phenoxy) is 1. The number of rotatable bonds is 2. The van der Waals surface area contributed by atoms with Gasteiger partial charge in [0.25, 0.3) is 0 Å². The number of nitrogens with zero attached hydrogens (tertiary/aromatic N) is 1. The van der Waals surface area contributed by atoms with Crippen molar-refractivity contribution in [1.29, 1.82) is 0 Å². The molecule has 2 nitrogen and oxygen atoms in total. The normalized spacial score (nSPS) is 35.2. The van der Waals surface area contributed by atoms with E-state index >= 15 is 0 Å². The Kier molecular flexibility index (Phi) is 3.36. The average molecular weight is 211 g/mol. The molecule has 15 heavy (non-hydrogen) atoms. The fraction of sp³-hybridized carbons (Fsp3) is 1.00. The highest BCUT2D eigenvalue weighted by Crippen LogP contribution is 2.38. The molecule has 2 rings (SSSR count). The minimum absolute atomic E-state index is 0.569. The van der Waals surface area contributed by atoms with E-state index in [9.17, 15) is 0 Å². The van der Waals surface area contributed by atoms with Crippen LogP contribution >= 0.6 is 0 Å². The van der Waals surface area contributed by atoms with E-state index in [2.05, 4.69) is 25.7 Å². The number of hydrogen-bond donors (Lipinski definition) is 0. The van der Waals surface area contributed by atoms with E-state index in [1.54, 1.807) is 0 Å². The molecule has 1 atom stereocenters. The first kappa shape index (κ1) is 11.4. The van der Waals surface area contributed by atoms with Crippen LogP contribution in [-0.2, 0) is 4.74 Å². The Morgan fingerprint density at radius 3 is 2.47 bits per heavy atom. The van der Waals surface area contributed by atoms with Gasteiger partial charge in [-0.3, -0.25) is 4.90 Å². The summed E-state index contributed by atoms with van der Waals surface area (Å²) in [4.78, 5) is 2.65. The van der Waals surface area contributed by atoms with Crippen LogP contribution in [0.1, 0.15) is 40.0 Å². The zero-order valence-electron chi connectivity index (χ0n) is 10.5. The molecule has 0 aromatic heterocycles. The Morgan fingerprint density at radius 2 is 1.93 bits per heavy atom. The molecule has 0 bridgehead atoms. The molecule has 0 aromatic rings. The molecule has 0 aliphatic carbocycles. The average Bonchev–Trinajstić information content (AvgIpc) is 2.27. The highest BCUT2D eigenvalue weighted by molar-refractivity contribution is 4.86. The second kappa shape index (κ2) is 4.42. The Bertz CT molecular complexity index is 213. The van der Waals surface area contributed by atoms with Gasteiger partial charge in [0.15, 0.2) is 0 Å². The molecule has 2 heteroatoms. The predicted octanol–water partition coefficient (Wildman–Crippen LogP) is 2.53. The van der Waals surface area contributed by atoms with Crippen LogP contribution in [0.3, 0.4) is 0 Å². The first-order valence-corrected chi connectivity index (χ1v) is 6.43. The first-order chi connectivity index (χ1) is 7.12. The SMILES string of the molecule is CC(C)C1(C)CCCN(C2COC2)CC1. The van der Waals surface area contributed by atoms with Crippen molar-refractivity contribution in [1.82, 2.24) is 4.90 Å². The van der Waals surface area contributed by atoms with Crippen molar-refractivity contribution in [2.45, 2.75) is 46.1 Å². The van der Waals surface area contributed by atoms with Gasteiger partial charge in [-0.1, -0.05) is 20.8 Å². The lowest BCUT2D eigenvalue weighted by Gasteiger charge is -2.37. The summed E-state index contributed by atoms with van der Waals surface area (Å²) in [6.45, 7) is 11.7. The van der Waals surface area contributed by atoms with Crippen LogP contribution in [-0.4, -0.2) is 37.2 Å². The zero-order chi connectivity index (χ0) is 10.9. The summed E-state index contributed by atoms with van der Waals surface area (Å²) < 4.78 is 5.29. The Balaban J connectivity index is 1.91. The predicted molar refractivity (Wildman–Crippen MR) is 63.0 cm³/mol. The fourth-order valence-electron chi connectivity index (χ4n) is 2.70. The summed E-state index contributed by atoms with van der Waals surface area (Å²) in [7, 11) is 0. The monoisotopic (exact) mass is 211 g/mol. The molecule has 0 spiro atoms. The second-order valence-corrected chi connectivity index (χ2v) is 5.89. The molecule has 2 aliphatic heterocycles. The molecule has 2 aliphatic rings. The summed E-state index contributed by atoms with van der Waals surface area (Å²) in [5.74, 6) is 0.815. The van der Waals surface area contributed by atoms with Crippen molar-refractivity contribution in [3.63, 3.8) is 0 Å². The first-order valence-electron chi connectivity index (χ1n) is 6.43. The molecule has 88 valence electrons. The second-order valence-electron chi connectivity index (χ2n) is 5.89. The van der Waals surface area contributed by atoms with E-state index in [4.69, 9.17) is 4.74 Å². The fourth-order valence-corrected chi connectivity index (χ4v) is 2.70. The van der Waals surface area contributed by atoms with E-state index in [1.807, 2.05) is 0 Å². The molecule has 0 aromatic carbocycles. The maximum Gasteiger partial charge on any atom is 0.0645 e. The summed E-state index contributed by atoms with van der Waals surface area (Å²) in [5.41, 5.74) is 0.569. The molecular weight excluding hydrogens is 186 g/mol. The van der Waals surface area contributed by atoms with Crippen LogP contribution in [0.15, 0.2) is 0 Å². The molecule has 0 radical (unpaired) electrons. The summed E-state index contributed by atoms with van der Waals surface area (Å²) in [5, 5.41) is 0. The van der Waals surface area contributed by atoms with Gasteiger partial charge in [-0.15, -0.1) is 0 Å². The number of likely N-dealkylation sites (tertiary alicyclic amines) is 1. The third-order valence-electron chi connectivity index (χ3n) is 4.69. The third-order valence-corrected chi connectivity index (χ3v) is 4.69. The lowest BCUT2D eigenvalue weighted by atomic mass is 9.73. The molecule has 0 saturated carbocycles. The van der Waals surface area contributed by atoms with Crippen molar-refractivity contribution in [2.75, 3.05) is 26.3 Å². The summed E-state index contributed by atoms with van der Waals surface area (Å²) in [6.07, 6.45) is 4.13. The standard InChI is InChI=1S/C13H25NO/c1-11(2)13(3)5-4-7-14(8-6-13)12-9-15-10-12/h11-12H,4-10H2,1-3H3. The van der Waals surface area contributed by atoms with Crippen LogP contribution in [0.25, 0.3) is 0 Å². The maximum absolute atomic E-state index is 5.29. The van der Waals surface area contributed by atoms with Gasteiger partial charge < -0.3 is 4.74 Å². The maximum atomic E-state index is 5.29. The number of hydrogen-bond acceptors (Lipinski definition) is 2. The van der Waals surface area contributed by atoms with Gasteiger partial charge >= 0.3 is 0 Å². The van der Waals surface area contributed by atoms with E-state index in [-0.39, 0.29) is 0 Å². The van der Waals surface area contributed by atoms with E-state index in [1.165, 1.54) is 32.4 Å². The van der Waals surface area contributed by atoms with Gasteiger partial charge in [-0.25, -0.2) is 0 Å². The largest absolute Gasteiger partial charge is 0.378 e. The van der Waals surface area contributed by atoms with Gasteiger partial charge in [0.2, 0.25) is 0 Å². The van der Waals surface area contributed by atoms with Crippen molar-refractivity contribution < 1.29 is 4.74 Å². The Morgan fingerprint density at radius 1 is 1.20 bits per heavy atom. The van der Waals surface area contributed by atoms with E-state index in [0.717, 1.165) is 25.2 Å². The van der Waals surface area contributed by atoms with E-state index in [0.29, 0.717) is 5.41 Å². The Labute approximate surface area is 94.0 Å². The third kappa shape index (κ3) is 2.36. The van der Waals surface area contributed by atoms with Crippen molar-refractivity contribution in [2.24, 2.45) is 11.3 Å². The molecule has 2 fully saturated rings. The minimum atomic E-state index is 0.569. The minimum Gasteiger partial charge on any atom is -0.378 e. The zero-order valence-corrected chi connectivity index (χ0v) is 10.5. The molecule has 0 amide bonds. The highest BCUT2D eigenvalue weighted by Gasteiger charge is 2.34. The van der Waals surface area contributed by atoms with Crippen LogP contribution in [0, 0.1) is 11.3 Å². The van der Waals surface area contributed by atoms with Gasteiger partial charge in [-0.2, -0.15) is 0 Å². The van der Waals surface area contributed by atoms with Crippen molar-refractivity contribution in [3.05, 3.63) is 0 Å². The quantitative estimate of drug-likeness (QED) is 0.696. The molecule has 0 N–H and O–H groups in total. The van der Waals surface area contributed by atoms with Crippen LogP contribution in [0.2, 0.25) is 0 Å². The lowest BCUT2D eigenvalue weighted by Crippen LogP contribution is -2.49. The molecular formula is C13H25NO. The lowest BCUT2D eigenvalue weighted by molar-refractivity contribution is -0.0646. The van der Waals surface area contributed by atoms with Gasteiger partial charge in [0.1, 0.15) is 0 Å². The highest BCUT2D eigenvalue weighted by atomic mass is 16.5. The van der Waals surface area contributed by atoms with Crippen molar-refractivity contribution in [3.8, 4) is 0 Å². The van der Waals surface area contributed by atoms with Crippen molar-refractivity contribution >= 4 is 0 Å². The Hall–Kier alpha value is -0.0800. The van der Waals surface area contributed by atoms with E-state index < -0.39 is 0 Å². The van der Waals surface area contributed by atoms with Gasteiger partial charge in [-0.05, 0) is 43.7 Å². The van der Waals surface area contributed by atoms with Crippen LogP contribution < -0.4 is 0 Å². The van der Waals surface area contributed by atoms with Gasteiger partial charge in [0.05, 0.1) is 19.3 Å². The smallest absolute Gasteiger partial charge is 0.0645 e. The summed E-state index contributed by atoms with van der Waals surface area (Å²) >= 11 is 0. The van der Waals surface area contributed by atoms with Crippen LogP contribution in [0.5, 0.6) is 0 Å². The summed E-state index contributed by atoms with van der Waals surface area (Å²) in [6, 6.07) is 0.736. The molecule has 1 unspecified atom stereocenters. The molecule has 2 heterocycles. The molecule has 2 saturated heterocycles.